The van der Waals surface area contributed by atoms with Gasteiger partial charge in [0.05, 0.1) is 17.4 Å². The topological polar surface area (TPSA) is 159 Å². The molecule has 3 N–H and O–H groups in total. The van der Waals surface area contributed by atoms with Crippen LogP contribution in [0.1, 0.15) is 47.4 Å². The van der Waals surface area contributed by atoms with Crippen molar-refractivity contribution in [3.63, 3.8) is 0 Å². The Morgan fingerprint density at radius 2 is 2.07 bits per heavy atom. The van der Waals surface area contributed by atoms with Gasteiger partial charge < -0.3 is 20.1 Å². The van der Waals surface area contributed by atoms with Gasteiger partial charge in [-0.05, 0) is 32.2 Å². The number of aromatic nitrogens is 5. The second kappa shape index (κ2) is 11.5. The fourth-order valence-electron chi connectivity index (χ4n) is 6.17. The highest BCUT2D eigenvalue weighted by molar-refractivity contribution is 8.00. The minimum atomic E-state index is -4.46. The van der Waals surface area contributed by atoms with E-state index in [1.165, 1.54) is 36.2 Å². The molecular weight excluding hydrogens is 607 g/mol. The van der Waals surface area contributed by atoms with E-state index in [9.17, 15) is 23.2 Å². The molecule has 0 saturated carbocycles. The Hall–Kier alpha value is -3.62. The number of halogens is 3. The van der Waals surface area contributed by atoms with Crippen LogP contribution < -0.4 is 25.8 Å². The number of nitrogen functional groups attached to an aromatic ring is 1. The number of rotatable bonds is 5. The minimum absolute atomic E-state index is 0.00466. The molecule has 7 heterocycles. The Kier molecular flexibility index (Phi) is 7.86. The second-order valence-corrected chi connectivity index (χ2v) is 13.2. The van der Waals surface area contributed by atoms with Crippen LogP contribution >= 0.6 is 23.1 Å². The summed E-state index contributed by atoms with van der Waals surface area (Å²) in [5.41, 5.74) is 6.16. The Bertz CT molecular complexity index is 1600. The highest BCUT2D eigenvalue weighted by Gasteiger charge is 2.53. The van der Waals surface area contributed by atoms with Crippen LogP contribution in [0, 0.1) is 11.3 Å². The van der Waals surface area contributed by atoms with Gasteiger partial charge in [-0.3, -0.25) is 9.88 Å². The number of H-pyrrole nitrogens is 1. The molecular formula is C26H28F3N9O3S2. The van der Waals surface area contributed by atoms with Crippen LogP contribution in [0.2, 0.25) is 0 Å². The predicted molar refractivity (Wildman–Crippen MR) is 153 cm³/mol. The zero-order chi connectivity index (χ0) is 30.4. The molecule has 0 aliphatic carbocycles. The minimum Gasteiger partial charge on any atom is -0.476 e. The Morgan fingerprint density at radius 1 is 1.26 bits per heavy atom. The lowest BCUT2D eigenvalue weighted by atomic mass is 9.88. The molecule has 2 atom stereocenters. The number of nitrogens with zero attached hydrogens (tertiary/aromatic N) is 7. The Labute approximate surface area is 252 Å². The van der Waals surface area contributed by atoms with Gasteiger partial charge in [0.15, 0.2) is 5.69 Å². The van der Waals surface area contributed by atoms with Crippen LogP contribution in [0.5, 0.6) is 11.9 Å². The van der Waals surface area contributed by atoms with Gasteiger partial charge in [-0.25, -0.2) is 14.8 Å². The molecule has 2 unspecified atom stereocenters. The second-order valence-electron chi connectivity index (χ2n) is 10.7. The van der Waals surface area contributed by atoms with Crippen LogP contribution in [-0.2, 0) is 16.7 Å². The summed E-state index contributed by atoms with van der Waals surface area (Å²) in [7, 11) is 1.42. The molecule has 3 aromatic heterocycles. The number of hydrogen-bond donors (Lipinski definition) is 2. The van der Waals surface area contributed by atoms with Crippen LogP contribution in [-0.4, -0.2) is 75.3 Å². The lowest BCUT2D eigenvalue weighted by Crippen LogP contribution is -2.57. The molecule has 4 aliphatic heterocycles. The van der Waals surface area contributed by atoms with Crippen molar-refractivity contribution in [1.82, 2.24) is 29.8 Å². The van der Waals surface area contributed by atoms with Crippen LogP contribution in [0.3, 0.4) is 0 Å². The van der Waals surface area contributed by atoms with Crippen molar-refractivity contribution in [2.24, 2.45) is 0 Å². The average Bonchev–Trinajstić information content (AvgIpc) is 3.72. The summed E-state index contributed by atoms with van der Waals surface area (Å²) in [6.45, 7) is 2.78. The first-order chi connectivity index (χ1) is 20.6. The first-order valence-corrected chi connectivity index (χ1v) is 15.4. The van der Waals surface area contributed by atoms with E-state index >= 15 is 0 Å². The quantitative estimate of drug-likeness (QED) is 0.422. The predicted octanol–water partition coefficient (Wildman–Crippen LogP) is 3.15. The van der Waals surface area contributed by atoms with Gasteiger partial charge in [-0.1, -0.05) is 0 Å². The maximum absolute atomic E-state index is 12.5. The number of nitrogens with one attached hydrogen (secondary N) is 1. The van der Waals surface area contributed by atoms with Gasteiger partial charge in [0.1, 0.15) is 24.0 Å². The Balaban J connectivity index is 0.000000155. The van der Waals surface area contributed by atoms with Crippen molar-refractivity contribution in [3.8, 4) is 18.0 Å². The molecule has 3 fully saturated rings. The molecule has 0 bridgehead atoms. The van der Waals surface area contributed by atoms with E-state index in [1.54, 1.807) is 0 Å². The molecule has 228 valence electrons. The molecule has 0 radical (unpaired) electrons. The van der Waals surface area contributed by atoms with Crippen LogP contribution in [0.15, 0.2) is 17.2 Å². The summed E-state index contributed by atoms with van der Waals surface area (Å²) in [6.07, 6.45) is 1.06. The SMILES string of the molecule is COc1nc(N2CC3(C2)SCc2sc(N)c(C#N)c23)[nH]c(=O)n1.FC(F)(F)c1cc(OCC2CCC3CCCN32)ncn1. The molecule has 0 amide bonds. The number of thiophene rings is 1. The van der Waals surface area contributed by atoms with Crippen molar-refractivity contribution in [3.05, 3.63) is 44.6 Å². The number of aromatic amines is 1. The number of nitriles is 1. The summed E-state index contributed by atoms with van der Waals surface area (Å²) < 4.78 is 47.8. The summed E-state index contributed by atoms with van der Waals surface area (Å²) in [5, 5.41) is 9.97. The number of hydrogen-bond acceptors (Lipinski definition) is 13. The van der Waals surface area contributed by atoms with E-state index in [0.717, 1.165) is 43.1 Å². The largest absolute Gasteiger partial charge is 0.476 e. The number of alkyl halides is 3. The van der Waals surface area contributed by atoms with Crippen molar-refractivity contribution < 1.29 is 22.6 Å². The van der Waals surface area contributed by atoms with Gasteiger partial charge in [0.25, 0.3) is 0 Å². The third-order valence-corrected chi connectivity index (χ3v) is 10.8. The Morgan fingerprint density at radius 3 is 2.81 bits per heavy atom. The molecule has 4 aliphatic rings. The molecule has 0 aromatic carbocycles. The van der Waals surface area contributed by atoms with E-state index in [4.69, 9.17) is 15.2 Å². The molecule has 3 aromatic rings. The van der Waals surface area contributed by atoms with E-state index in [0.29, 0.717) is 48.3 Å². The maximum Gasteiger partial charge on any atom is 0.433 e. The third kappa shape index (κ3) is 5.70. The summed E-state index contributed by atoms with van der Waals surface area (Å²) >= 11 is 3.31. The van der Waals surface area contributed by atoms with E-state index in [1.807, 2.05) is 16.7 Å². The van der Waals surface area contributed by atoms with Crippen LogP contribution in [0.4, 0.5) is 24.1 Å². The van der Waals surface area contributed by atoms with E-state index in [2.05, 4.69) is 35.9 Å². The fourth-order valence-corrected chi connectivity index (χ4v) is 8.97. The highest BCUT2D eigenvalue weighted by Crippen LogP contribution is 2.57. The van der Waals surface area contributed by atoms with Gasteiger partial charge in [-0.2, -0.15) is 23.4 Å². The first-order valence-electron chi connectivity index (χ1n) is 13.6. The molecule has 1 spiro atoms. The number of nitrogens with two attached hydrogens (primary N) is 1. The first kappa shape index (κ1) is 29.5. The summed E-state index contributed by atoms with van der Waals surface area (Å²) in [5.74, 6) is 1.29. The van der Waals surface area contributed by atoms with E-state index in [-0.39, 0.29) is 16.6 Å². The van der Waals surface area contributed by atoms with Gasteiger partial charge in [0.2, 0.25) is 11.8 Å². The lowest BCUT2D eigenvalue weighted by Gasteiger charge is -2.47. The highest BCUT2D eigenvalue weighted by atomic mass is 32.2. The molecule has 43 heavy (non-hydrogen) atoms. The third-order valence-electron chi connectivity index (χ3n) is 8.13. The summed E-state index contributed by atoms with van der Waals surface area (Å²) in [4.78, 5) is 34.5. The number of fused-ring (bicyclic) bond motifs is 3. The zero-order valence-corrected chi connectivity index (χ0v) is 24.7. The molecule has 7 rings (SSSR count). The maximum atomic E-state index is 12.5. The fraction of sp³-hybridized carbons (Fsp3) is 0.538. The zero-order valence-electron chi connectivity index (χ0n) is 23.1. The van der Waals surface area contributed by atoms with Crippen LogP contribution in [0.25, 0.3) is 0 Å². The van der Waals surface area contributed by atoms with Gasteiger partial charge in [-0.15, -0.1) is 28.1 Å². The standard InChI is InChI=1S/C13H16F3N3O.C13H12N6O2S2/c14-13(15,16)11-6-12(18-8-17-11)20-7-10-4-3-9-2-1-5-19(9)10;1-21-12-17-10(16-11(20)18-12)19-4-13(5-19)8-6(2-14)9(15)23-7(8)3-22-13/h6,8-10H,1-5,7H2;3-5,15H2,1H3,(H,16,17,18,20). The molecule has 12 nitrogen and oxygen atoms in total. The van der Waals surface area contributed by atoms with Crippen molar-refractivity contribution >= 4 is 34.0 Å². The van der Waals surface area contributed by atoms with E-state index < -0.39 is 17.6 Å². The van der Waals surface area contributed by atoms with Gasteiger partial charge in [0, 0.05) is 47.4 Å². The summed E-state index contributed by atoms with van der Waals surface area (Å²) in [6, 6.07) is 4.07. The van der Waals surface area contributed by atoms with Crippen molar-refractivity contribution in [1.29, 1.82) is 5.26 Å². The monoisotopic (exact) mass is 635 g/mol. The number of methoxy groups -OCH3 is 1. The number of thioether (sulfide) groups is 1. The normalized spacial score (nSPS) is 21.9. The smallest absolute Gasteiger partial charge is 0.433 e. The van der Waals surface area contributed by atoms with Gasteiger partial charge >= 0.3 is 17.9 Å². The molecule has 17 heteroatoms. The molecule has 3 saturated heterocycles. The number of anilines is 2. The average molecular weight is 636 g/mol. The van der Waals surface area contributed by atoms with Crippen molar-refractivity contribution in [2.45, 2.75) is 54.4 Å². The lowest BCUT2D eigenvalue weighted by molar-refractivity contribution is -0.141. The number of ether oxygens (including phenoxy) is 2. The van der Waals surface area contributed by atoms with Crippen molar-refractivity contribution in [2.75, 3.05) is 44.0 Å².